The lowest BCUT2D eigenvalue weighted by atomic mass is 10.1. The number of fused-ring (bicyclic) bond motifs is 1. The molecule has 146 valence electrons. The topological polar surface area (TPSA) is 89.5 Å². The molecule has 1 N–H and O–H groups in total. The Morgan fingerprint density at radius 2 is 1.85 bits per heavy atom. The summed E-state index contributed by atoms with van der Waals surface area (Å²) < 4.78 is 59.0. The van der Waals surface area contributed by atoms with E-state index in [9.17, 15) is 16.8 Å². The van der Waals surface area contributed by atoms with Crippen LogP contribution in [0, 0.1) is 0 Å². The number of benzene rings is 2. The summed E-state index contributed by atoms with van der Waals surface area (Å²) in [6.07, 6.45) is 0.602. The molecule has 0 bridgehead atoms. The fourth-order valence-electron chi connectivity index (χ4n) is 2.88. The maximum absolute atomic E-state index is 12.9. The zero-order valence-corrected chi connectivity index (χ0v) is 17.5. The van der Waals surface area contributed by atoms with Gasteiger partial charge in [0.1, 0.15) is 16.7 Å². The lowest BCUT2D eigenvalue weighted by molar-refractivity contribution is 0.254. The lowest BCUT2D eigenvalue weighted by Crippen LogP contribution is -2.19. The summed E-state index contributed by atoms with van der Waals surface area (Å²) in [5.41, 5.74) is 0.729. The minimum atomic E-state index is -4.01. The first-order valence-corrected chi connectivity index (χ1v) is 11.8. The van der Waals surface area contributed by atoms with Gasteiger partial charge in [-0.2, -0.15) is 0 Å². The monoisotopic (exact) mass is 429 g/mol. The van der Waals surface area contributed by atoms with Crippen LogP contribution in [0.15, 0.2) is 46.2 Å². The van der Waals surface area contributed by atoms with Crippen LogP contribution in [0.1, 0.15) is 26.3 Å². The minimum Gasteiger partial charge on any atom is -0.490 e. The van der Waals surface area contributed by atoms with E-state index >= 15 is 0 Å². The fourth-order valence-corrected chi connectivity index (χ4v) is 5.80. The van der Waals surface area contributed by atoms with E-state index in [-0.39, 0.29) is 26.6 Å². The fraction of sp³-hybridized carbons (Fsp3) is 0.333. The highest BCUT2D eigenvalue weighted by atomic mass is 35.5. The van der Waals surface area contributed by atoms with Gasteiger partial charge < -0.3 is 4.74 Å². The highest BCUT2D eigenvalue weighted by molar-refractivity contribution is 7.93. The number of hydrogen-bond acceptors (Lipinski definition) is 5. The summed E-state index contributed by atoms with van der Waals surface area (Å²) in [5, 5.41) is -0.778. The van der Waals surface area contributed by atoms with Crippen molar-refractivity contribution in [2.45, 2.75) is 48.3 Å². The summed E-state index contributed by atoms with van der Waals surface area (Å²) in [6.45, 7) is 4.93. The molecule has 27 heavy (non-hydrogen) atoms. The van der Waals surface area contributed by atoms with Crippen molar-refractivity contribution in [1.82, 2.24) is 0 Å². The second kappa shape index (κ2) is 7.00. The van der Waals surface area contributed by atoms with Crippen LogP contribution in [-0.2, 0) is 26.3 Å². The van der Waals surface area contributed by atoms with Gasteiger partial charge in [-0.15, -0.1) is 0 Å². The second-order valence-electron chi connectivity index (χ2n) is 6.72. The molecule has 0 unspecified atom stereocenters. The van der Waals surface area contributed by atoms with Crippen molar-refractivity contribution in [3.8, 4) is 5.75 Å². The molecule has 0 amide bonds. The average Bonchev–Trinajstić information content (AvgIpc) is 2.93. The minimum absolute atomic E-state index is 0.0124. The molecule has 2 aromatic rings. The van der Waals surface area contributed by atoms with Crippen LogP contribution in [0.5, 0.6) is 5.75 Å². The quantitative estimate of drug-likeness (QED) is 0.783. The summed E-state index contributed by atoms with van der Waals surface area (Å²) in [5.74, 6) is 0.660. The van der Waals surface area contributed by atoms with Crippen LogP contribution in [0.4, 0.5) is 5.69 Å². The van der Waals surface area contributed by atoms with E-state index in [1.165, 1.54) is 38.1 Å². The molecule has 2 aromatic carbocycles. The number of rotatable bonds is 5. The molecule has 6 nitrogen and oxygen atoms in total. The molecule has 0 spiro atoms. The zero-order valence-electron chi connectivity index (χ0n) is 15.1. The molecular formula is C18H20ClNO5S2. The van der Waals surface area contributed by atoms with Gasteiger partial charge in [0.05, 0.1) is 20.9 Å². The largest absolute Gasteiger partial charge is 0.490 e. The first-order valence-electron chi connectivity index (χ1n) is 8.37. The van der Waals surface area contributed by atoms with Crippen LogP contribution in [0.25, 0.3) is 0 Å². The first kappa shape index (κ1) is 20.0. The number of ether oxygens (including phenoxy) is 1. The standard InChI is InChI=1S/C18H20ClNO5S2/c1-11(2)26(21,22)18-15(19)5-4-6-16(18)20-27(23,24)14-7-8-17-13(10-14)9-12(3)25-17/h4-8,10-12,20H,9H2,1-3H3/t12-/m0/s1. The van der Waals surface area contributed by atoms with Gasteiger partial charge in [-0.1, -0.05) is 17.7 Å². The van der Waals surface area contributed by atoms with E-state index in [1.54, 1.807) is 12.1 Å². The molecule has 1 aliphatic rings. The molecule has 0 saturated carbocycles. The summed E-state index contributed by atoms with van der Waals surface area (Å²) in [7, 11) is -7.79. The molecule has 3 rings (SSSR count). The van der Waals surface area contributed by atoms with Crippen LogP contribution in [0.2, 0.25) is 5.02 Å². The number of hydrogen-bond donors (Lipinski definition) is 1. The molecule has 9 heteroatoms. The van der Waals surface area contributed by atoms with E-state index in [0.29, 0.717) is 12.2 Å². The molecule has 0 fully saturated rings. The Morgan fingerprint density at radius 3 is 2.52 bits per heavy atom. The molecule has 1 aliphatic heterocycles. The third kappa shape index (κ3) is 3.79. The molecule has 1 heterocycles. The van der Waals surface area contributed by atoms with Gasteiger partial charge in [0.15, 0.2) is 9.84 Å². The Labute approximate surface area is 164 Å². The van der Waals surface area contributed by atoms with Gasteiger partial charge >= 0.3 is 0 Å². The zero-order chi connectivity index (χ0) is 20.0. The van der Waals surface area contributed by atoms with Gasteiger partial charge in [-0.05, 0) is 56.7 Å². The van der Waals surface area contributed by atoms with Crippen molar-refractivity contribution >= 4 is 37.1 Å². The Morgan fingerprint density at radius 1 is 1.15 bits per heavy atom. The van der Waals surface area contributed by atoms with Crippen molar-refractivity contribution in [2.24, 2.45) is 0 Å². The summed E-state index contributed by atoms with van der Waals surface area (Å²) in [6, 6.07) is 8.89. The van der Waals surface area contributed by atoms with E-state index in [1.807, 2.05) is 6.92 Å². The molecule has 0 aliphatic carbocycles. The van der Waals surface area contributed by atoms with Crippen molar-refractivity contribution in [2.75, 3.05) is 4.72 Å². The predicted molar refractivity (Wildman–Crippen MR) is 105 cm³/mol. The molecule has 0 saturated heterocycles. The summed E-state index contributed by atoms with van der Waals surface area (Å²) >= 11 is 6.10. The third-order valence-electron chi connectivity index (χ3n) is 4.29. The van der Waals surface area contributed by atoms with Crippen molar-refractivity contribution in [1.29, 1.82) is 0 Å². The Kier molecular flexibility index (Phi) is 5.18. The van der Waals surface area contributed by atoms with Crippen LogP contribution in [-0.4, -0.2) is 28.2 Å². The van der Waals surface area contributed by atoms with Gasteiger partial charge in [-0.25, -0.2) is 16.8 Å². The Bertz CT molecular complexity index is 1090. The summed E-state index contributed by atoms with van der Waals surface area (Å²) in [4.78, 5) is -0.185. The average molecular weight is 430 g/mol. The van der Waals surface area contributed by atoms with E-state index in [0.717, 1.165) is 5.56 Å². The van der Waals surface area contributed by atoms with Crippen molar-refractivity contribution in [3.05, 3.63) is 47.0 Å². The van der Waals surface area contributed by atoms with Crippen LogP contribution < -0.4 is 9.46 Å². The van der Waals surface area contributed by atoms with E-state index < -0.39 is 25.1 Å². The number of sulfonamides is 1. The van der Waals surface area contributed by atoms with Crippen molar-refractivity contribution < 1.29 is 21.6 Å². The highest BCUT2D eigenvalue weighted by Crippen LogP contribution is 2.35. The second-order valence-corrected chi connectivity index (χ2v) is 11.2. The third-order valence-corrected chi connectivity index (χ3v) is 8.33. The molecule has 0 radical (unpaired) electrons. The number of nitrogens with one attached hydrogen (secondary N) is 1. The maximum Gasteiger partial charge on any atom is 0.261 e. The number of anilines is 1. The van der Waals surface area contributed by atoms with E-state index in [4.69, 9.17) is 16.3 Å². The van der Waals surface area contributed by atoms with Gasteiger partial charge in [0.25, 0.3) is 10.0 Å². The van der Waals surface area contributed by atoms with Crippen LogP contribution in [0.3, 0.4) is 0 Å². The Hall–Kier alpha value is -1.77. The molecule has 1 atom stereocenters. The van der Waals surface area contributed by atoms with Gasteiger partial charge in [-0.3, -0.25) is 4.72 Å². The Balaban J connectivity index is 2.03. The normalized spacial score (nSPS) is 16.9. The van der Waals surface area contributed by atoms with Gasteiger partial charge in [0, 0.05) is 6.42 Å². The van der Waals surface area contributed by atoms with Crippen LogP contribution >= 0.6 is 11.6 Å². The molecule has 0 aromatic heterocycles. The van der Waals surface area contributed by atoms with Gasteiger partial charge in [0.2, 0.25) is 0 Å². The smallest absolute Gasteiger partial charge is 0.261 e. The number of halogens is 1. The van der Waals surface area contributed by atoms with E-state index in [2.05, 4.69) is 4.72 Å². The highest BCUT2D eigenvalue weighted by Gasteiger charge is 2.29. The lowest BCUT2D eigenvalue weighted by Gasteiger charge is -2.16. The SMILES string of the molecule is CC(C)S(=O)(=O)c1c(Cl)cccc1NS(=O)(=O)c1ccc2c(c1)C[C@H](C)O2. The predicted octanol–water partition coefficient (Wildman–Crippen LogP) is 3.65. The first-order chi connectivity index (χ1) is 12.5. The maximum atomic E-state index is 12.9. The number of sulfone groups is 1. The molecular weight excluding hydrogens is 410 g/mol. The van der Waals surface area contributed by atoms with Crippen molar-refractivity contribution in [3.63, 3.8) is 0 Å².